The normalized spacial score (nSPS) is 20.9. The second-order valence-electron chi connectivity index (χ2n) is 9.67. The fourth-order valence-electron chi connectivity index (χ4n) is 5.47. The van der Waals surface area contributed by atoms with Crippen molar-refractivity contribution in [3.63, 3.8) is 0 Å². The van der Waals surface area contributed by atoms with E-state index in [1.807, 2.05) is 36.5 Å². The molecule has 3 fully saturated rings. The van der Waals surface area contributed by atoms with Crippen molar-refractivity contribution in [2.24, 2.45) is 0 Å². The molecule has 0 spiro atoms. The monoisotopic (exact) mass is 488 g/mol. The van der Waals surface area contributed by atoms with E-state index in [-0.39, 0.29) is 12.2 Å². The molecule has 3 aliphatic rings. The number of amides is 1. The maximum Gasteiger partial charge on any atom is 0.414 e. The Morgan fingerprint density at radius 1 is 0.917 bits per heavy atom. The topological polar surface area (TPSA) is 74.3 Å². The van der Waals surface area contributed by atoms with Gasteiger partial charge in [0.05, 0.1) is 24.9 Å². The number of hydrogen-bond acceptors (Lipinski definition) is 8. The first-order chi connectivity index (χ1) is 17.7. The number of cyclic esters (lactones) is 1. The van der Waals surface area contributed by atoms with Crippen LogP contribution in [0.5, 0.6) is 5.88 Å². The predicted octanol–water partition coefficient (Wildman–Crippen LogP) is 3.39. The van der Waals surface area contributed by atoms with Crippen LogP contribution >= 0.6 is 0 Å². The van der Waals surface area contributed by atoms with Crippen LogP contribution in [-0.4, -0.2) is 86.5 Å². The van der Waals surface area contributed by atoms with Crippen molar-refractivity contribution in [1.29, 1.82) is 0 Å². The van der Waals surface area contributed by atoms with Crippen LogP contribution in [0.25, 0.3) is 11.0 Å². The summed E-state index contributed by atoms with van der Waals surface area (Å²) in [6, 6.07) is 14.1. The van der Waals surface area contributed by atoms with Crippen molar-refractivity contribution in [3.05, 3.63) is 48.7 Å². The molecule has 0 saturated carbocycles. The van der Waals surface area contributed by atoms with Crippen molar-refractivity contribution in [2.75, 3.05) is 74.2 Å². The Balaban J connectivity index is 1.06. The summed E-state index contributed by atoms with van der Waals surface area (Å²) in [5.74, 6) is 0.591. The highest BCUT2D eigenvalue weighted by Crippen LogP contribution is 2.29. The van der Waals surface area contributed by atoms with E-state index in [1.165, 1.54) is 18.5 Å². The summed E-state index contributed by atoms with van der Waals surface area (Å²) in [5, 5.41) is 0. The SMILES string of the molecule is COc1ccc2nccc(N3CCN(CC4CN(c5ccc(N6CCCC6)cc5)C(=O)O4)CC3)c2n1. The fourth-order valence-corrected chi connectivity index (χ4v) is 5.47. The second-order valence-corrected chi connectivity index (χ2v) is 9.67. The van der Waals surface area contributed by atoms with E-state index in [4.69, 9.17) is 9.47 Å². The maximum atomic E-state index is 12.6. The number of nitrogens with zero attached hydrogens (tertiary/aromatic N) is 6. The standard InChI is InChI=1S/C27H32N6O3/c1-35-25-9-8-23-26(29-25)24(10-11-28-23)32-16-14-30(15-17-32)18-22-19-33(27(34)36-22)21-6-4-20(5-7-21)31-12-2-3-13-31/h4-11,22H,2-3,12-19H2,1H3. The third-order valence-electron chi connectivity index (χ3n) is 7.43. The fraction of sp³-hybridized carbons (Fsp3) is 0.444. The number of piperazine rings is 1. The minimum Gasteiger partial charge on any atom is -0.481 e. The molecule has 5 heterocycles. The highest BCUT2D eigenvalue weighted by Gasteiger charge is 2.34. The van der Waals surface area contributed by atoms with Crippen molar-refractivity contribution in [1.82, 2.24) is 14.9 Å². The Morgan fingerprint density at radius 2 is 1.67 bits per heavy atom. The van der Waals surface area contributed by atoms with E-state index in [0.29, 0.717) is 12.4 Å². The average Bonchev–Trinajstić information content (AvgIpc) is 3.59. The number of carbonyl (C=O) groups excluding carboxylic acids is 1. The largest absolute Gasteiger partial charge is 0.481 e. The molecule has 1 aromatic carbocycles. The third kappa shape index (κ3) is 4.51. The van der Waals surface area contributed by atoms with Gasteiger partial charge in [0.25, 0.3) is 0 Å². The number of pyridine rings is 2. The van der Waals surface area contributed by atoms with E-state index in [1.54, 1.807) is 12.0 Å². The van der Waals surface area contributed by atoms with Gasteiger partial charge in [0.1, 0.15) is 11.6 Å². The predicted molar refractivity (Wildman–Crippen MR) is 140 cm³/mol. The highest BCUT2D eigenvalue weighted by atomic mass is 16.6. The molecular weight excluding hydrogens is 456 g/mol. The molecule has 1 atom stereocenters. The number of anilines is 3. The molecule has 0 bridgehead atoms. The lowest BCUT2D eigenvalue weighted by Gasteiger charge is -2.36. The third-order valence-corrected chi connectivity index (χ3v) is 7.43. The zero-order chi connectivity index (χ0) is 24.5. The molecule has 1 amide bonds. The molecule has 9 heteroatoms. The summed E-state index contributed by atoms with van der Waals surface area (Å²) in [6.07, 6.45) is 3.95. The van der Waals surface area contributed by atoms with Crippen LogP contribution in [-0.2, 0) is 4.74 Å². The van der Waals surface area contributed by atoms with Crippen LogP contribution in [0.1, 0.15) is 12.8 Å². The van der Waals surface area contributed by atoms with Gasteiger partial charge < -0.3 is 19.3 Å². The molecular formula is C27H32N6O3. The summed E-state index contributed by atoms with van der Waals surface area (Å²) in [4.78, 5) is 30.6. The number of fused-ring (bicyclic) bond motifs is 1. The minimum atomic E-state index is -0.254. The molecule has 3 aromatic rings. The van der Waals surface area contributed by atoms with E-state index in [2.05, 4.69) is 36.8 Å². The van der Waals surface area contributed by atoms with Gasteiger partial charge in [-0.2, -0.15) is 0 Å². The number of carbonyl (C=O) groups is 1. The van der Waals surface area contributed by atoms with Gasteiger partial charge in [-0.25, -0.2) is 9.78 Å². The molecule has 36 heavy (non-hydrogen) atoms. The number of methoxy groups -OCH3 is 1. The van der Waals surface area contributed by atoms with Crippen molar-refractivity contribution in [2.45, 2.75) is 18.9 Å². The van der Waals surface area contributed by atoms with Crippen molar-refractivity contribution < 1.29 is 14.3 Å². The summed E-state index contributed by atoms with van der Waals surface area (Å²) >= 11 is 0. The van der Waals surface area contributed by atoms with Gasteiger partial charge in [-0.05, 0) is 49.2 Å². The Bertz CT molecular complexity index is 1220. The summed E-state index contributed by atoms with van der Waals surface area (Å²) in [6.45, 7) is 7.09. The van der Waals surface area contributed by atoms with Gasteiger partial charge in [-0.1, -0.05) is 0 Å². The van der Waals surface area contributed by atoms with Crippen LogP contribution in [0.15, 0.2) is 48.7 Å². The van der Waals surface area contributed by atoms with Crippen LogP contribution in [0.2, 0.25) is 0 Å². The van der Waals surface area contributed by atoms with Crippen LogP contribution < -0.4 is 19.4 Å². The van der Waals surface area contributed by atoms with Gasteiger partial charge in [-0.15, -0.1) is 0 Å². The van der Waals surface area contributed by atoms with E-state index < -0.39 is 0 Å². The lowest BCUT2D eigenvalue weighted by molar-refractivity contribution is 0.106. The Morgan fingerprint density at radius 3 is 2.42 bits per heavy atom. The van der Waals surface area contributed by atoms with Gasteiger partial charge in [0.15, 0.2) is 0 Å². The Hall–Kier alpha value is -3.59. The molecule has 0 radical (unpaired) electrons. The number of benzene rings is 1. The molecule has 188 valence electrons. The van der Waals surface area contributed by atoms with Crippen molar-refractivity contribution >= 4 is 34.2 Å². The molecule has 2 aromatic heterocycles. The Labute approximate surface area is 211 Å². The lowest BCUT2D eigenvalue weighted by atomic mass is 10.2. The second kappa shape index (κ2) is 9.81. The molecule has 0 aliphatic carbocycles. The number of rotatable bonds is 6. The van der Waals surface area contributed by atoms with Crippen LogP contribution in [0.4, 0.5) is 21.9 Å². The summed E-state index contributed by atoms with van der Waals surface area (Å²) < 4.78 is 11.1. The minimum absolute atomic E-state index is 0.130. The first-order valence-corrected chi connectivity index (χ1v) is 12.8. The first-order valence-electron chi connectivity index (χ1n) is 12.8. The van der Waals surface area contributed by atoms with Gasteiger partial charge in [0, 0.05) is 69.5 Å². The zero-order valence-electron chi connectivity index (χ0n) is 20.7. The smallest absolute Gasteiger partial charge is 0.414 e. The molecule has 1 unspecified atom stereocenters. The van der Waals surface area contributed by atoms with E-state index >= 15 is 0 Å². The molecule has 3 saturated heterocycles. The maximum absolute atomic E-state index is 12.6. The van der Waals surface area contributed by atoms with E-state index in [9.17, 15) is 4.79 Å². The van der Waals surface area contributed by atoms with Gasteiger partial charge >= 0.3 is 6.09 Å². The van der Waals surface area contributed by atoms with Crippen molar-refractivity contribution in [3.8, 4) is 5.88 Å². The quantitative estimate of drug-likeness (QED) is 0.523. The molecule has 6 rings (SSSR count). The lowest BCUT2D eigenvalue weighted by Crippen LogP contribution is -2.49. The number of hydrogen-bond donors (Lipinski definition) is 0. The van der Waals surface area contributed by atoms with E-state index in [0.717, 1.165) is 68.2 Å². The number of aromatic nitrogens is 2. The van der Waals surface area contributed by atoms with Gasteiger partial charge in [0.2, 0.25) is 5.88 Å². The molecule has 9 nitrogen and oxygen atoms in total. The van der Waals surface area contributed by atoms with Crippen LogP contribution in [0, 0.1) is 0 Å². The highest BCUT2D eigenvalue weighted by molar-refractivity contribution is 5.90. The zero-order valence-corrected chi connectivity index (χ0v) is 20.7. The molecule has 0 N–H and O–H groups in total. The summed E-state index contributed by atoms with van der Waals surface area (Å²) in [7, 11) is 1.63. The number of ether oxygens (including phenoxy) is 2. The Kier molecular flexibility index (Phi) is 6.23. The average molecular weight is 489 g/mol. The first kappa shape index (κ1) is 22.8. The van der Waals surface area contributed by atoms with Crippen LogP contribution in [0.3, 0.4) is 0 Å². The summed E-state index contributed by atoms with van der Waals surface area (Å²) in [5.41, 5.74) is 4.94. The van der Waals surface area contributed by atoms with Gasteiger partial charge in [-0.3, -0.25) is 14.8 Å². The molecule has 3 aliphatic heterocycles.